The normalized spacial score (nSPS) is 29.1. The molecule has 2 aliphatic rings. The second-order valence-corrected chi connectivity index (χ2v) is 5.74. The van der Waals surface area contributed by atoms with Crippen LogP contribution in [0.1, 0.15) is 31.2 Å². The van der Waals surface area contributed by atoms with E-state index in [0.717, 1.165) is 31.7 Å². The molecule has 2 saturated heterocycles. The predicted molar refractivity (Wildman–Crippen MR) is 77.9 cm³/mol. The Bertz CT molecular complexity index is 486. The molecule has 4 nitrogen and oxygen atoms in total. The molecule has 0 aliphatic carbocycles. The Labute approximate surface area is 120 Å². The summed E-state index contributed by atoms with van der Waals surface area (Å²) >= 11 is 0. The van der Waals surface area contributed by atoms with E-state index in [9.17, 15) is 4.79 Å². The van der Waals surface area contributed by atoms with Crippen LogP contribution in [0, 0.1) is 0 Å². The van der Waals surface area contributed by atoms with E-state index in [1.165, 1.54) is 5.56 Å². The summed E-state index contributed by atoms with van der Waals surface area (Å²) in [5, 5.41) is 3.62. The Morgan fingerprint density at radius 3 is 2.75 bits per heavy atom. The molecule has 1 N–H and O–H groups in total. The van der Waals surface area contributed by atoms with Crippen molar-refractivity contribution in [3.63, 3.8) is 0 Å². The van der Waals surface area contributed by atoms with Crippen LogP contribution in [0.4, 0.5) is 0 Å². The van der Waals surface area contributed by atoms with Crippen molar-refractivity contribution in [3.05, 3.63) is 29.8 Å². The summed E-state index contributed by atoms with van der Waals surface area (Å²) in [4.78, 5) is 13.9. The summed E-state index contributed by atoms with van der Waals surface area (Å²) in [6, 6.07) is 9.00. The lowest BCUT2D eigenvalue weighted by molar-refractivity contribution is -0.130. The van der Waals surface area contributed by atoms with Crippen LogP contribution < -0.4 is 10.1 Å². The summed E-state index contributed by atoms with van der Waals surface area (Å²) in [7, 11) is 1.68. The standard InChI is InChI=1S/C16H22N2O2/c1-11(19)18-10-14(16-15(18)4-3-9-17-16)12-5-7-13(20-2)8-6-12/h5-8,14-17H,3-4,9-10H2,1-2H3/t14-,15+,16-/m0/s1. The zero-order valence-electron chi connectivity index (χ0n) is 12.1. The molecule has 0 saturated carbocycles. The van der Waals surface area contributed by atoms with Crippen LogP contribution in [0.3, 0.4) is 0 Å². The number of piperidine rings is 1. The van der Waals surface area contributed by atoms with E-state index in [4.69, 9.17) is 4.74 Å². The molecule has 0 bridgehead atoms. The highest BCUT2D eigenvalue weighted by atomic mass is 16.5. The fourth-order valence-corrected chi connectivity index (χ4v) is 3.64. The van der Waals surface area contributed by atoms with E-state index in [-0.39, 0.29) is 5.91 Å². The lowest BCUT2D eigenvalue weighted by Gasteiger charge is -2.33. The number of carbonyl (C=O) groups excluding carboxylic acids is 1. The highest BCUT2D eigenvalue weighted by Crippen LogP contribution is 2.36. The molecule has 1 aromatic carbocycles. The third kappa shape index (κ3) is 2.29. The van der Waals surface area contributed by atoms with Crippen LogP contribution in [0.25, 0.3) is 0 Å². The molecule has 2 aliphatic heterocycles. The van der Waals surface area contributed by atoms with E-state index in [1.807, 2.05) is 17.0 Å². The number of amides is 1. The number of fused-ring (bicyclic) bond motifs is 1. The molecule has 0 unspecified atom stereocenters. The number of ether oxygens (including phenoxy) is 1. The third-order valence-corrected chi connectivity index (χ3v) is 4.65. The van der Waals surface area contributed by atoms with Crippen molar-refractivity contribution in [1.82, 2.24) is 10.2 Å². The predicted octanol–water partition coefficient (Wildman–Crippen LogP) is 1.76. The topological polar surface area (TPSA) is 41.6 Å². The van der Waals surface area contributed by atoms with Crippen LogP contribution in [-0.4, -0.2) is 43.1 Å². The molecule has 0 spiro atoms. The van der Waals surface area contributed by atoms with Gasteiger partial charge in [-0.3, -0.25) is 4.79 Å². The molecule has 0 aromatic heterocycles. The van der Waals surface area contributed by atoms with Gasteiger partial charge in [0, 0.05) is 31.5 Å². The average Bonchev–Trinajstić information content (AvgIpc) is 2.87. The van der Waals surface area contributed by atoms with E-state index < -0.39 is 0 Å². The summed E-state index contributed by atoms with van der Waals surface area (Å²) in [5.74, 6) is 1.46. The molecular formula is C16H22N2O2. The van der Waals surface area contributed by atoms with Gasteiger partial charge in [-0.2, -0.15) is 0 Å². The lowest BCUT2D eigenvalue weighted by Crippen LogP contribution is -2.49. The first kappa shape index (κ1) is 13.4. The maximum absolute atomic E-state index is 11.9. The van der Waals surface area contributed by atoms with Gasteiger partial charge in [0.1, 0.15) is 5.75 Å². The maximum atomic E-state index is 11.9. The van der Waals surface area contributed by atoms with Crippen molar-refractivity contribution >= 4 is 5.91 Å². The molecule has 2 heterocycles. The third-order valence-electron chi connectivity index (χ3n) is 4.65. The Morgan fingerprint density at radius 2 is 2.10 bits per heavy atom. The van der Waals surface area contributed by atoms with Crippen molar-refractivity contribution in [2.45, 2.75) is 37.8 Å². The van der Waals surface area contributed by atoms with E-state index in [0.29, 0.717) is 18.0 Å². The van der Waals surface area contributed by atoms with E-state index in [2.05, 4.69) is 17.4 Å². The van der Waals surface area contributed by atoms with Crippen LogP contribution in [-0.2, 0) is 4.79 Å². The summed E-state index contributed by atoms with van der Waals surface area (Å²) in [5.41, 5.74) is 1.29. The molecule has 3 atom stereocenters. The zero-order valence-corrected chi connectivity index (χ0v) is 12.1. The van der Waals surface area contributed by atoms with Gasteiger partial charge in [0.05, 0.1) is 7.11 Å². The lowest BCUT2D eigenvalue weighted by atomic mass is 9.87. The second kappa shape index (κ2) is 5.44. The van der Waals surface area contributed by atoms with Gasteiger partial charge < -0.3 is 15.0 Å². The quantitative estimate of drug-likeness (QED) is 0.893. The number of methoxy groups -OCH3 is 1. The minimum absolute atomic E-state index is 0.194. The number of nitrogens with zero attached hydrogens (tertiary/aromatic N) is 1. The van der Waals surface area contributed by atoms with E-state index in [1.54, 1.807) is 14.0 Å². The smallest absolute Gasteiger partial charge is 0.219 e. The van der Waals surface area contributed by atoms with Gasteiger partial charge in [-0.05, 0) is 37.1 Å². The number of benzene rings is 1. The molecule has 1 amide bonds. The van der Waals surface area contributed by atoms with E-state index >= 15 is 0 Å². The second-order valence-electron chi connectivity index (χ2n) is 5.74. The zero-order chi connectivity index (χ0) is 14.1. The van der Waals surface area contributed by atoms with Gasteiger partial charge in [-0.15, -0.1) is 0 Å². The first-order valence-electron chi connectivity index (χ1n) is 7.35. The fourth-order valence-electron chi connectivity index (χ4n) is 3.64. The largest absolute Gasteiger partial charge is 0.497 e. The Hall–Kier alpha value is -1.55. The molecule has 0 radical (unpaired) electrons. The maximum Gasteiger partial charge on any atom is 0.219 e. The van der Waals surface area contributed by atoms with Crippen LogP contribution in [0.5, 0.6) is 5.75 Å². The Kier molecular flexibility index (Phi) is 3.66. The van der Waals surface area contributed by atoms with Crippen molar-refractivity contribution < 1.29 is 9.53 Å². The number of nitrogens with one attached hydrogen (secondary N) is 1. The van der Waals surface area contributed by atoms with Gasteiger partial charge in [0.25, 0.3) is 0 Å². The summed E-state index contributed by atoms with van der Waals surface area (Å²) < 4.78 is 5.22. The number of rotatable bonds is 2. The minimum atomic E-state index is 0.194. The minimum Gasteiger partial charge on any atom is -0.497 e. The van der Waals surface area contributed by atoms with Gasteiger partial charge in [-0.1, -0.05) is 12.1 Å². The number of hydrogen-bond donors (Lipinski definition) is 1. The molecule has 2 fully saturated rings. The molecule has 1 aromatic rings. The Balaban J connectivity index is 1.86. The van der Waals surface area contributed by atoms with Gasteiger partial charge in [0.2, 0.25) is 5.91 Å². The molecule has 20 heavy (non-hydrogen) atoms. The van der Waals surface area contributed by atoms with Crippen molar-refractivity contribution in [2.75, 3.05) is 20.2 Å². The molecule has 108 valence electrons. The summed E-state index contributed by atoms with van der Waals surface area (Å²) in [6.07, 6.45) is 2.27. The monoisotopic (exact) mass is 274 g/mol. The van der Waals surface area contributed by atoms with Crippen molar-refractivity contribution in [3.8, 4) is 5.75 Å². The number of hydrogen-bond acceptors (Lipinski definition) is 3. The average molecular weight is 274 g/mol. The highest BCUT2D eigenvalue weighted by Gasteiger charge is 2.44. The first-order valence-corrected chi connectivity index (χ1v) is 7.35. The van der Waals surface area contributed by atoms with Crippen LogP contribution >= 0.6 is 0 Å². The summed E-state index contributed by atoms with van der Waals surface area (Å²) in [6.45, 7) is 3.56. The fraction of sp³-hybridized carbons (Fsp3) is 0.562. The molecule has 4 heteroatoms. The van der Waals surface area contributed by atoms with Crippen molar-refractivity contribution in [1.29, 1.82) is 0 Å². The van der Waals surface area contributed by atoms with Crippen LogP contribution in [0.15, 0.2) is 24.3 Å². The van der Waals surface area contributed by atoms with Gasteiger partial charge >= 0.3 is 0 Å². The van der Waals surface area contributed by atoms with Gasteiger partial charge in [-0.25, -0.2) is 0 Å². The van der Waals surface area contributed by atoms with Crippen LogP contribution in [0.2, 0.25) is 0 Å². The number of likely N-dealkylation sites (tertiary alicyclic amines) is 1. The highest BCUT2D eigenvalue weighted by molar-refractivity contribution is 5.74. The Morgan fingerprint density at radius 1 is 1.35 bits per heavy atom. The molecular weight excluding hydrogens is 252 g/mol. The SMILES string of the molecule is COc1ccc([C@@H]2CN(C(C)=O)[C@@H]3CCCN[C@H]32)cc1. The molecule has 3 rings (SSSR count). The van der Waals surface area contributed by atoms with Gasteiger partial charge in [0.15, 0.2) is 0 Å². The van der Waals surface area contributed by atoms with Crippen molar-refractivity contribution in [2.24, 2.45) is 0 Å². The first-order chi connectivity index (χ1) is 9.70. The number of carbonyl (C=O) groups is 1.